The van der Waals surface area contributed by atoms with Gasteiger partial charge in [0.15, 0.2) is 0 Å². The highest BCUT2D eigenvalue weighted by Crippen LogP contribution is 2.34. The molecule has 124 valence electrons. The van der Waals surface area contributed by atoms with Crippen molar-refractivity contribution in [1.82, 2.24) is 9.38 Å². The zero-order valence-corrected chi connectivity index (χ0v) is 12.5. The van der Waals surface area contributed by atoms with Gasteiger partial charge in [0.1, 0.15) is 17.8 Å². The van der Waals surface area contributed by atoms with E-state index in [2.05, 4.69) is 4.98 Å². The van der Waals surface area contributed by atoms with Crippen LogP contribution in [-0.2, 0) is 0 Å². The average Bonchev–Trinajstić information content (AvgIpc) is 3.15. The molecular weight excluding hydrogens is 332 g/mol. The highest BCUT2D eigenvalue weighted by molar-refractivity contribution is 5.81. The zero-order valence-electron chi connectivity index (χ0n) is 12.5. The van der Waals surface area contributed by atoms with Gasteiger partial charge >= 0.3 is 11.5 Å². The normalized spacial score (nSPS) is 11.1. The predicted molar refractivity (Wildman–Crippen MR) is 84.9 cm³/mol. The Bertz CT molecular complexity index is 1100. The van der Waals surface area contributed by atoms with E-state index in [0.717, 1.165) is 12.1 Å². The molecule has 25 heavy (non-hydrogen) atoms. The lowest BCUT2D eigenvalue weighted by atomic mass is 10.0. The second kappa shape index (κ2) is 5.52. The van der Waals surface area contributed by atoms with Crippen LogP contribution in [0.2, 0.25) is 0 Å². The number of nitro groups is 1. The molecule has 0 saturated heterocycles. The van der Waals surface area contributed by atoms with Crippen LogP contribution in [0.5, 0.6) is 0 Å². The number of rotatable bonds is 3. The van der Waals surface area contributed by atoms with Crippen LogP contribution in [0.3, 0.4) is 0 Å². The Balaban J connectivity index is 1.96. The summed E-state index contributed by atoms with van der Waals surface area (Å²) < 4.78 is 34.1. The first-order valence-electron chi connectivity index (χ1n) is 7.20. The van der Waals surface area contributed by atoms with Gasteiger partial charge in [0, 0.05) is 23.4 Å². The van der Waals surface area contributed by atoms with Gasteiger partial charge in [-0.1, -0.05) is 0 Å². The Morgan fingerprint density at radius 2 is 1.80 bits per heavy atom. The number of benzene rings is 2. The maximum absolute atomic E-state index is 14.1. The molecule has 0 radical (unpaired) electrons. The van der Waals surface area contributed by atoms with Crippen molar-refractivity contribution in [1.29, 1.82) is 0 Å². The Morgan fingerprint density at radius 1 is 1.08 bits per heavy atom. The standard InChI is InChI=1S/C17H9F2N3O3/c18-12-4-1-10(2-5-12)15-16(21-7-8-25-17(21)20-15)11-3-6-14(22(23)24)13(19)9-11/h1-9H. The van der Waals surface area contributed by atoms with Crippen LogP contribution in [0.15, 0.2) is 59.3 Å². The number of imidazole rings is 1. The molecule has 2 heterocycles. The molecule has 4 aromatic rings. The van der Waals surface area contributed by atoms with E-state index in [9.17, 15) is 18.9 Å². The van der Waals surface area contributed by atoms with Crippen molar-refractivity contribution in [3.05, 3.63) is 76.7 Å². The zero-order chi connectivity index (χ0) is 17.6. The van der Waals surface area contributed by atoms with Gasteiger partial charge in [-0.25, -0.2) is 4.39 Å². The Labute approximate surface area is 139 Å². The number of halogens is 2. The fourth-order valence-corrected chi connectivity index (χ4v) is 2.67. The van der Waals surface area contributed by atoms with Gasteiger partial charge in [-0.05, 0) is 36.4 Å². The molecular formula is C17H9F2N3O3. The summed E-state index contributed by atoms with van der Waals surface area (Å²) in [6.07, 6.45) is 3.02. The minimum atomic E-state index is -0.953. The molecule has 0 bridgehead atoms. The summed E-state index contributed by atoms with van der Waals surface area (Å²) in [5.74, 6) is -1.08. The summed E-state index contributed by atoms with van der Waals surface area (Å²) in [6.45, 7) is 0. The number of fused-ring (bicyclic) bond motifs is 1. The van der Waals surface area contributed by atoms with Gasteiger partial charge in [0.05, 0.1) is 10.6 Å². The summed E-state index contributed by atoms with van der Waals surface area (Å²) in [5.41, 5.74) is 1.32. The van der Waals surface area contributed by atoms with E-state index in [1.165, 1.54) is 24.5 Å². The minimum Gasteiger partial charge on any atom is -0.432 e. The van der Waals surface area contributed by atoms with Crippen molar-refractivity contribution >= 4 is 11.5 Å². The number of hydrogen-bond donors (Lipinski definition) is 0. The van der Waals surface area contributed by atoms with Crippen LogP contribution in [0.25, 0.3) is 28.4 Å². The lowest BCUT2D eigenvalue weighted by molar-refractivity contribution is -0.387. The van der Waals surface area contributed by atoms with Gasteiger partial charge in [-0.15, -0.1) is 0 Å². The van der Waals surface area contributed by atoms with Crippen LogP contribution in [0.1, 0.15) is 0 Å². The van der Waals surface area contributed by atoms with E-state index < -0.39 is 22.2 Å². The van der Waals surface area contributed by atoms with Gasteiger partial charge in [0.2, 0.25) is 5.82 Å². The maximum Gasteiger partial charge on any atom is 0.306 e. The van der Waals surface area contributed by atoms with E-state index in [1.54, 1.807) is 22.7 Å². The van der Waals surface area contributed by atoms with Crippen molar-refractivity contribution in [2.45, 2.75) is 0 Å². The van der Waals surface area contributed by atoms with Crippen LogP contribution < -0.4 is 0 Å². The van der Waals surface area contributed by atoms with Crippen molar-refractivity contribution in [2.75, 3.05) is 0 Å². The Morgan fingerprint density at radius 3 is 2.48 bits per heavy atom. The van der Waals surface area contributed by atoms with Gasteiger partial charge in [-0.3, -0.25) is 14.5 Å². The molecule has 2 aromatic carbocycles. The first-order chi connectivity index (χ1) is 12.0. The first-order valence-corrected chi connectivity index (χ1v) is 7.20. The molecule has 0 saturated carbocycles. The number of hydrogen-bond acceptors (Lipinski definition) is 4. The highest BCUT2D eigenvalue weighted by Gasteiger charge is 2.21. The molecule has 6 nitrogen and oxygen atoms in total. The molecule has 0 aliphatic carbocycles. The third-order valence-corrected chi connectivity index (χ3v) is 3.80. The summed E-state index contributed by atoms with van der Waals surface area (Å²) in [5, 5.41) is 10.8. The molecule has 0 atom stereocenters. The van der Waals surface area contributed by atoms with Crippen LogP contribution >= 0.6 is 0 Å². The smallest absolute Gasteiger partial charge is 0.306 e. The van der Waals surface area contributed by atoms with Crippen LogP contribution in [-0.4, -0.2) is 14.3 Å². The topological polar surface area (TPSA) is 73.6 Å². The van der Waals surface area contributed by atoms with Gasteiger partial charge in [0.25, 0.3) is 0 Å². The Kier molecular flexibility index (Phi) is 3.31. The fourth-order valence-electron chi connectivity index (χ4n) is 2.67. The summed E-state index contributed by atoms with van der Waals surface area (Å²) in [4.78, 5) is 14.4. The summed E-state index contributed by atoms with van der Waals surface area (Å²) in [6, 6.07) is 9.27. The third kappa shape index (κ3) is 2.44. The van der Waals surface area contributed by atoms with Crippen LogP contribution in [0.4, 0.5) is 14.5 Å². The molecule has 8 heteroatoms. The van der Waals surface area contributed by atoms with E-state index in [-0.39, 0.29) is 5.84 Å². The molecule has 0 fully saturated rings. The highest BCUT2D eigenvalue weighted by atomic mass is 19.1. The van der Waals surface area contributed by atoms with Crippen molar-refractivity contribution in [3.8, 4) is 22.5 Å². The van der Waals surface area contributed by atoms with Crippen molar-refractivity contribution in [3.63, 3.8) is 0 Å². The molecule has 0 amide bonds. The van der Waals surface area contributed by atoms with Gasteiger partial charge < -0.3 is 4.42 Å². The van der Waals surface area contributed by atoms with E-state index in [0.29, 0.717) is 22.5 Å². The van der Waals surface area contributed by atoms with Crippen LogP contribution in [0, 0.1) is 21.7 Å². The minimum absolute atomic E-state index is 0.271. The molecule has 0 N–H and O–H groups in total. The lowest BCUT2D eigenvalue weighted by Crippen LogP contribution is -1.94. The molecule has 0 aliphatic heterocycles. The van der Waals surface area contributed by atoms with Crippen molar-refractivity contribution < 1.29 is 18.1 Å². The second-order valence-electron chi connectivity index (χ2n) is 5.29. The largest absolute Gasteiger partial charge is 0.432 e. The maximum atomic E-state index is 14.1. The summed E-state index contributed by atoms with van der Waals surface area (Å²) >= 11 is 0. The molecule has 0 spiro atoms. The third-order valence-electron chi connectivity index (χ3n) is 3.80. The molecule has 4 rings (SSSR count). The van der Waals surface area contributed by atoms with E-state index in [4.69, 9.17) is 4.42 Å². The lowest BCUT2D eigenvalue weighted by Gasteiger charge is -2.05. The number of aromatic nitrogens is 2. The molecule has 0 aliphatic rings. The fraction of sp³-hybridized carbons (Fsp3) is 0. The van der Waals surface area contributed by atoms with E-state index >= 15 is 0 Å². The molecule has 2 aromatic heterocycles. The number of nitrogens with zero attached hydrogens (tertiary/aromatic N) is 3. The quantitative estimate of drug-likeness (QED) is 0.408. The average molecular weight is 341 g/mol. The summed E-state index contributed by atoms with van der Waals surface area (Å²) in [7, 11) is 0. The SMILES string of the molecule is O=[N+]([O-])c1ccc(-c2c(-c3ccc(F)cc3)nc3occn23)cc1F. The predicted octanol–water partition coefficient (Wildman–Crippen LogP) is 4.45. The monoisotopic (exact) mass is 341 g/mol. The van der Waals surface area contributed by atoms with Crippen molar-refractivity contribution in [2.24, 2.45) is 0 Å². The van der Waals surface area contributed by atoms with Gasteiger partial charge in [-0.2, -0.15) is 9.37 Å². The first kappa shape index (κ1) is 15.0. The number of oxazole rings is 1. The number of nitro benzene ring substituents is 1. The molecule has 0 unspecified atom stereocenters. The van der Waals surface area contributed by atoms with E-state index in [1.807, 2.05) is 0 Å². The second-order valence-corrected chi connectivity index (χ2v) is 5.29. The Hall–Kier alpha value is -3.55.